The molecule has 5 N–H and O–H groups in total. The number of aliphatic imine (C=N–C) groups is 1. The highest BCUT2D eigenvalue weighted by atomic mass is 79.9. The molecule has 21 heavy (non-hydrogen) atoms. The molecule has 0 aromatic heterocycles. The van der Waals surface area contributed by atoms with Gasteiger partial charge in [-0.25, -0.2) is 4.99 Å². The van der Waals surface area contributed by atoms with Gasteiger partial charge < -0.3 is 16.8 Å². The van der Waals surface area contributed by atoms with Gasteiger partial charge in [0.05, 0.1) is 6.54 Å². The van der Waals surface area contributed by atoms with Crippen molar-refractivity contribution in [2.24, 2.45) is 16.5 Å². The maximum Gasteiger partial charge on any atom is 0.255 e. The van der Waals surface area contributed by atoms with Gasteiger partial charge in [-0.3, -0.25) is 4.79 Å². The normalized spacial score (nSPS) is 9.95. The van der Waals surface area contributed by atoms with Crippen LogP contribution in [0.1, 0.15) is 15.9 Å². The largest absolute Gasteiger partial charge is 0.370 e. The van der Waals surface area contributed by atoms with E-state index < -0.39 is 0 Å². The summed E-state index contributed by atoms with van der Waals surface area (Å²) in [5.41, 5.74) is 12.8. The zero-order chi connectivity index (χ0) is 15.2. The Morgan fingerprint density at radius 3 is 2.24 bits per heavy atom. The minimum atomic E-state index is -0.161. The second-order valence-corrected chi connectivity index (χ2v) is 5.31. The molecule has 0 aliphatic carbocycles. The Labute approximate surface area is 131 Å². The summed E-state index contributed by atoms with van der Waals surface area (Å²) in [6.07, 6.45) is 0. The molecule has 0 saturated carbocycles. The molecule has 5 nitrogen and oxygen atoms in total. The standard InChI is InChI=1S/C15H15BrN4O/c16-12-5-7-13(8-6-12)20-14(21)11-3-1-10(2-4-11)9-19-15(17)18/h1-8H,9H2,(H,20,21)(H4,17,18,19). The molecule has 0 saturated heterocycles. The molecule has 2 aromatic carbocycles. The van der Waals surface area contributed by atoms with Crippen LogP contribution in [-0.4, -0.2) is 11.9 Å². The third-order valence-electron chi connectivity index (χ3n) is 2.76. The van der Waals surface area contributed by atoms with E-state index in [9.17, 15) is 4.79 Å². The van der Waals surface area contributed by atoms with Gasteiger partial charge in [-0.15, -0.1) is 0 Å². The van der Waals surface area contributed by atoms with Crippen LogP contribution in [0.2, 0.25) is 0 Å². The van der Waals surface area contributed by atoms with Crippen molar-refractivity contribution in [2.75, 3.05) is 5.32 Å². The molecular weight excluding hydrogens is 332 g/mol. The van der Waals surface area contributed by atoms with Gasteiger partial charge in [0.25, 0.3) is 5.91 Å². The van der Waals surface area contributed by atoms with Crippen LogP contribution in [0.15, 0.2) is 58.0 Å². The summed E-state index contributed by atoms with van der Waals surface area (Å²) in [7, 11) is 0. The first-order chi connectivity index (χ1) is 10.0. The van der Waals surface area contributed by atoms with Gasteiger partial charge in [0.15, 0.2) is 5.96 Å². The Balaban J connectivity index is 2.02. The smallest absolute Gasteiger partial charge is 0.255 e. The summed E-state index contributed by atoms with van der Waals surface area (Å²) in [4.78, 5) is 16.0. The average molecular weight is 347 g/mol. The van der Waals surface area contributed by atoms with Crippen LogP contribution < -0.4 is 16.8 Å². The SMILES string of the molecule is NC(N)=NCc1ccc(C(=O)Nc2ccc(Br)cc2)cc1. The summed E-state index contributed by atoms with van der Waals surface area (Å²) in [6.45, 7) is 0.400. The van der Waals surface area contributed by atoms with Crippen LogP contribution in [-0.2, 0) is 6.54 Å². The number of hydrogen-bond acceptors (Lipinski definition) is 2. The van der Waals surface area contributed by atoms with E-state index in [1.807, 2.05) is 36.4 Å². The number of rotatable bonds is 4. The quantitative estimate of drug-likeness (QED) is 0.586. The number of nitrogens with zero attached hydrogens (tertiary/aromatic N) is 1. The number of nitrogens with two attached hydrogens (primary N) is 2. The predicted molar refractivity (Wildman–Crippen MR) is 88.1 cm³/mol. The van der Waals surface area contributed by atoms with E-state index in [-0.39, 0.29) is 11.9 Å². The number of nitrogens with one attached hydrogen (secondary N) is 1. The first kappa shape index (κ1) is 15.1. The fourth-order valence-electron chi connectivity index (χ4n) is 1.68. The van der Waals surface area contributed by atoms with Gasteiger partial charge in [-0.05, 0) is 42.0 Å². The number of hydrogen-bond donors (Lipinski definition) is 3. The van der Waals surface area contributed by atoms with E-state index in [4.69, 9.17) is 11.5 Å². The lowest BCUT2D eigenvalue weighted by Gasteiger charge is -2.06. The minimum Gasteiger partial charge on any atom is -0.370 e. The first-order valence-electron chi connectivity index (χ1n) is 6.26. The minimum absolute atomic E-state index is 0.0482. The molecule has 0 aliphatic rings. The van der Waals surface area contributed by atoms with Crippen LogP contribution in [0.3, 0.4) is 0 Å². The lowest BCUT2D eigenvalue weighted by molar-refractivity contribution is 0.102. The number of benzene rings is 2. The lowest BCUT2D eigenvalue weighted by Crippen LogP contribution is -2.22. The monoisotopic (exact) mass is 346 g/mol. The van der Waals surface area contributed by atoms with E-state index in [0.29, 0.717) is 12.1 Å². The fourth-order valence-corrected chi connectivity index (χ4v) is 1.94. The van der Waals surface area contributed by atoms with Gasteiger partial charge in [-0.1, -0.05) is 28.1 Å². The molecule has 0 heterocycles. The molecule has 108 valence electrons. The molecule has 0 radical (unpaired) electrons. The molecular formula is C15H15BrN4O. The third-order valence-corrected chi connectivity index (χ3v) is 3.29. The second-order valence-electron chi connectivity index (χ2n) is 4.40. The Morgan fingerprint density at radius 1 is 1.05 bits per heavy atom. The third kappa shape index (κ3) is 4.61. The summed E-state index contributed by atoms with van der Waals surface area (Å²) in [6, 6.07) is 14.5. The van der Waals surface area contributed by atoms with Crippen molar-refractivity contribution in [3.05, 3.63) is 64.1 Å². The molecule has 2 aromatic rings. The van der Waals surface area contributed by atoms with E-state index in [0.717, 1.165) is 15.7 Å². The zero-order valence-electron chi connectivity index (χ0n) is 11.2. The zero-order valence-corrected chi connectivity index (χ0v) is 12.8. The number of guanidine groups is 1. The number of amides is 1. The van der Waals surface area contributed by atoms with Crippen LogP contribution >= 0.6 is 15.9 Å². The van der Waals surface area contributed by atoms with Crippen molar-refractivity contribution in [1.82, 2.24) is 0 Å². The number of anilines is 1. The summed E-state index contributed by atoms with van der Waals surface area (Å²) in [5.74, 6) is -0.113. The molecule has 0 fully saturated rings. The maximum absolute atomic E-state index is 12.1. The Kier molecular flexibility index (Phi) is 4.94. The molecule has 6 heteroatoms. The topological polar surface area (TPSA) is 93.5 Å². The Bertz CT molecular complexity index is 646. The lowest BCUT2D eigenvalue weighted by atomic mass is 10.1. The Hall–Kier alpha value is -2.34. The van der Waals surface area contributed by atoms with Crippen molar-refractivity contribution >= 4 is 33.5 Å². The molecule has 0 bridgehead atoms. The number of carbonyl (C=O) groups is 1. The average Bonchev–Trinajstić information content (AvgIpc) is 2.48. The van der Waals surface area contributed by atoms with Crippen molar-refractivity contribution in [1.29, 1.82) is 0 Å². The van der Waals surface area contributed by atoms with Gasteiger partial charge >= 0.3 is 0 Å². The molecule has 0 spiro atoms. The second kappa shape index (κ2) is 6.90. The van der Waals surface area contributed by atoms with Crippen molar-refractivity contribution in [3.63, 3.8) is 0 Å². The first-order valence-corrected chi connectivity index (χ1v) is 7.05. The van der Waals surface area contributed by atoms with Crippen LogP contribution in [0.5, 0.6) is 0 Å². The highest BCUT2D eigenvalue weighted by Crippen LogP contribution is 2.15. The highest BCUT2D eigenvalue weighted by Gasteiger charge is 2.05. The Morgan fingerprint density at radius 2 is 1.67 bits per heavy atom. The van der Waals surface area contributed by atoms with Crippen LogP contribution in [0.4, 0.5) is 5.69 Å². The van der Waals surface area contributed by atoms with Gasteiger partial charge in [0, 0.05) is 15.7 Å². The highest BCUT2D eigenvalue weighted by molar-refractivity contribution is 9.10. The number of halogens is 1. The van der Waals surface area contributed by atoms with E-state index in [1.165, 1.54) is 0 Å². The van der Waals surface area contributed by atoms with Crippen molar-refractivity contribution < 1.29 is 4.79 Å². The molecule has 0 aliphatic heterocycles. The van der Waals surface area contributed by atoms with Crippen LogP contribution in [0.25, 0.3) is 0 Å². The fraction of sp³-hybridized carbons (Fsp3) is 0.0667. The van der Waals surface area contributed by atoms with Crippen molar-refractivity contribution in [3.8, 4) is 0 Å². The van der Waals surface area contributed by atoms with Crippen molar-refractivity contribution in [2.45, 2.75) is 6.54 Å². The van der Waals surface area contributed by atoms with Gasteiger partial charge in [0.2, 0.25) is 0 Å². The summed E-state index contributed by atoms with van der Waals surface area (Å²) >= 11 is 3.35. The van der Waals surface area contributed by atoms with E-state index >= 15 is 0 Å². The molecule has 0 atom stereocenters. The predicted octanol–water partition coefficient (Wildman–Crippen LogP) is 2.47. The molecule has 1 amide bonds. The van der Waals surface area contributed by atoms with E-state index in [1.54, 1.807) is 12.1 Å². The number of carbonyl (C=O) groups excluding carboxylic acids is 1. The summed E-state index contributed by atoms with van der Waals surface area (Å²) in [5, 5.41) is 2.83. The molecule has 2 rings (SSSR count). The van der Waals surface area contributed by atoms with Gasteiger partial charge in [-0.2, -0.15) is 0 Å². The van der Waals surface area contributed by atoms with E-state index in [2.05, 4.69) is 26.2 Å². The maximum atomic E-state index is 12.1. The molecule has 0 unspecified atom stereocenters. The summed E-state index contributed by atoms with van der Waals surface area (Å²) < 4.78 is 0.963. The van der Waals surface area contributed by atoms with Gasteiger partial charge in [0.1, 0.15) is 0 Å². The van der Waals surface area contributed by atoms with Crippen LogP contribution in [0, 0.1) is 0 Å².